The first kappa shape index (κ1) is 6.65. The van der Waals surface area contributed by atoms with Crippen LogP contribution in [-0.2, 0) is 4.79 Å². The average Bonchev–Trinajstić information content (AvgIpc) is 1.61. The molecule has 0 saturated carbocycles. The van der Waals surface area contributed by atoms with Gasteiger partial charge in [0, 0.05) is 23.5 Å². The molecule has 2 nitrogen and oxygen atoms in total. The maximum absolute atomic E-state index is 11.0. The summed E-state index contributed by atoms with van der Waals surface area (Å²) in [6.07, 6.45) is 0.630. The first-order valence-corrected chi connectivity index (χ1v) is 2.27. The Morgan fingerprint density at radius 1 is 1.86 bits per heavy atom. The minimum atomic E-state index is -1.55. The molecule has 0 aliphatic heterocycles. The van der Waals surface area contributed by atoms with Crippen LogP contribution in [0.15, 0.2) is 11.5 Å². The maximum Gasteiger partial charge on any atom is 0.325 e. The molecule has 0 heterocycles. The van der Waals surface area contributed by atoms with Gasteiger partial charge in [-0.3, -0.25) is 4.79 Å². The van der Waals surface area contributed by atoms with Gasteiger partial charge in [0.15, 0.2) is 0 Å². The van der Waals surface area contributed by atoms with Gasteiger partial charge in [-0.05, 0) is 0 Å². The smallest absolute Gasteiger partial charge is 0.325 e. The predicted octanol–water partition coefficient (Wildman–Crippen LogP) is 1.20. The third-order valence-electron chi connectivity index (χ3n) is 0.260. The third-order valence-corrected chi connectivity index (χ3v) is 0.518. The Kier molecular flexibility index (Phi) is 3.64. The van der Waals surface area contributed by atoms with Gasteiger partial charge in [0.2, 0.25) is 0 Å². The average molecular weight is 122 g/mol. The minimum Gasteiger partial charge on any atom is -0.326 e. The van der Waals surface area contributed by atoms with Gasteiger partial charge in [0.1, 0.15) is 0 Å². The zero-order valence-corrected chi connectivity index (χ0v) is 4.11. The van der Waals surface area contributed by atoms with Crippen molar-refractivity contribution in [2.24, 2.45) is 0 Å². The molecule has 0 aromatic carbocycles. The van der Waals surface area contributed by atoms with E-state index in [2.05, 4.69) is 0 Å². The van der Waals surface area contributed by atoms with E-state index in [-0.39, 0.29) is 12.0 Å². The fourth-order valence-corrected chi connectivity index (χ4v) is 0.252. The minimum absolute atomic E-state index is 0.289. The van der Waals surface area contributed by atoms with Gasteiger partial charge in [-0.25, -0.2) is 0 Å². The number of rotatable bonds is 2. The number of hydrogen-bond acceptors (Lipinski definition) is 3. The highest BCUT2D eigenvalue weighted by Crippen LogP contribution is 1.91. The van der Waals surface area contributed by atoms with Gasteiger partial charge in [-0.1, -0.05) is 0 Å². The van der Waals surface area contributed by atoms with Crippen molar-refractivity contribution < 1.29 is 13.7 Å². The molecule has 0 aliphatic carbocycles. The van der Waals surface area contributed by atoms with Crippen LogP contribution in [0.4, 0.5) is 4.39 Å². The molecular formula is C3H3FO2S. The second-order valence-electron chi connectivity index (χ2n) is 0.712. The summed E-state index contributed by atoms with van der Waals surface area (Å²) in [6.45, 7) is 0. The number of carbonyl (C=O) groups excluding carboxylic acids is 1. The number of halogens is 1. The normalized spacial score (nSPS) is 10.0. The summed E-state index contributed by atoms with van der Waals surface area (Å²) in [7, 11) is 0. The first-order valence-electron chi connectivity index (χ1n) is 1.43. The van der Waals surface area contributed by atoms with Crippen LogP contribution in [0.5, 0.6) is 0 Å². The number of hydrogen-bond donors (Lipinski definition) is 1. The fraction of sp³-hybridized carbons (Fsp3) is 0. The molecule has 0 spiro atoms. The molecule has 1 N–H and O–H groups in total. The standard InChI is InChI=1S/C3H3FO2S/c4-3(5)1-2-7-6/h1-2,6H/b2-1+. The second kappa shape index (κ2) is 3.83. The zero-order valence-electron chi connectivity index (χ0n) is 3.30. The van der Waals surface area contributed by atoms with E-state index in [1.807, 2.05) is 0 Å². The van der Waals surface area contributed by atoms with E-state index in [9.17, 15) is 9.18 Å². The van der Waals surface area contributed by atoms with Crippen molar-refractivity contribution in [1.82, 2.24) is 0 Å². The molecule has 40 valence electrons. The molecule has 0 bridgehead atoms. The molecule has 0 rings (SSSR count). The van der Waals surface area contributed by atoms with E-state index in [0.29, 0.717) is 6.08 Å². The van der Waals surface area contributed by atoms with Gasteiger partial charge in [0.25, 0.3) is 0 Å². The van der Waals surface area contributed by atoms with Crippen molar-refractivity contribution in [2.75, 3.05) is 0 Å². The van der Waals surface area contributed by atoms with Crippen LogP contribution in [-0.4, -0.2) is 10.6 Å². The SMILES string of the molecule is O=C(F)/C=C/SO. The molecule has 0 unspecified atom stereocenters. The van der Waals surface area contributed by atoms with Crippen molar-refractivity contribution in [1.29, 1.82) is 0 Å². The molecule has 0 amide bonds. The maximum atomic E-state index is 11.0. The number of carbonyl (C=O) groups is 1. The third kappa shape index (κ3) is 5.65. The van der Waals surface area contributed by atoms with Crippen LogP contribution in [0.2, 0.25) is 0 Å². The highest BCUT2D eigenvalue weighted by Gasteiger charge is 1.82. The van der Waals surface area contributed by atoms with Crippen molar-refractivity contribution >= 4 is 18.1 Å². The lowest BCUT2D eigenvalue weighted by molar-refractivity contribution is -0.124. The van der Waals surface area contributed by atoms with E-state index in [1.54, 1.807) is 0 Å². The summed E-state index contributed by atoms with van der Waals surface area (Å²) in [6, 6.07) is -1.55. The molecule has 0 radical (unpaired) electrons. The van der Waals surface area contributed by atoms with Crippen molar-refractivity contribution in [3.63, 3.8) is 0 Å². The van der Waals surface area contributed by atoms with Crippen LogP contribution in [0.3, 0.4) is 0 Å². The summed E-state index contributed by atoms with van der Waals surface area (Å²) in [5.41, 5.74) is 0. The van der Waals surface area contributed by atoms with Crippen LogP contribution < -0.4 is 0 Å². The van der Waals surface area contributed by atoms with Crippen LogP contribution >= 0.6 is 12.0 Å². The fourth-order valence-electron chi connectivity index (χ4n) is 0.0839. The van der Waals surface area contributed by atoms with E-state index >= 15 is 0 Å². The Hall–Kier alpha value is -0.350. The van der Waals surface area contributed by atoms with Gasteiger partial charge in [-0.2, -0.15) is 4.39 Å². The second-order valence-corrected chi connectivity index (χ2v) is 1.20. The largest absolute Gasteiger partial charge is 0.326 e. The Bertz CT molecular complexity index is 90.9. The van der Waals surface area contributed by atoms with E-state index in [1.165, 1.54) is 0 Å². The van der Waals surface area contributed by atoms with E-state index in [4.69, 9.17) is 4.55 Å². The highest BCUT2D eigenvalue weighted by molar-refractivity contribution is 7.96. The molecular weight excluding hydrogens is 119 g/mol. The lowest BCUT2D eigenvalue weighted by atomic mass is 10.7. The molecule has 4 heteroatoms. The van der Waals surface area contributed by atoms with Crippen molar-refractivity contribution in [3.8, 4) is 0 Å². The summed E-state index contributed by atoms with van der Waals surface area (Å²) in [5.74, 6) is 0. The van der Waals surface area contributed by atoms with Gasteiger partial charge in [0.05, 0.1) is 0 Å². The highest BCUT2D eigenvalue weighted by atomic mass is 32.2. The summed E-state index contributed by atoms with van der Waals surface area (Å²) in [4.78, 5) is 9.32. The van der Waals surface area contributed by atoms with Gasteiger partial charge in [-0.15, -0.1) is 0 Å². The molecule has 0 aromatic heterocycles. The quantitative estimate of drug-likeness (QED) is 0.339. The van der Waals surface area contributed by atoms with Crippen LogP contribution in [0.25, 0.3) is 0 Å². The Morgan fingerprint density at radius 3 is 2.57 bits per heavy atom. The number of allylic oxidation sites excluding steroid dienone is 1. The van der Waals surface area contributed by atoms with E-state index in [0.717, 1.165) is 5.41 Å². The zero-order chi connectivity index (χ0) is 5.70. The van der Waals surface area contributed by atoms with E-state index < -0.39 is 6.04 Å². The Morgan fingerprint density at radius 2 is 2.43 bits per heavy atom. The van der Waals surface area contributed by atoms with Crippen LogP contribution in [0, 0.1) is 0 Å². The Balaban J connectivity index is 3.26. The van der Waals surface area contributed by atoms with Crippen LogP contribution in [0.1, 0.15) is 0 Å². The first-order chi connectivity index (χ1) is 3.27. The lowest BCUT2D eigenvalue weighted by Gasteiger charge is -1.69. The van der Waals surface area contributed by atoms with Crippen molar-refractivity contribution in [3.05, 3.63) is 11.5 Å². The predicted molar refractivity (Wildman–Crippen MR) is 25.5 cm³/mol. The molecule has 0 saturated heterocycles. The molecule has 0 aromatic rings. The molecule has 0 aliphatic rings. The van der Waals surface area contributed by atoms with Gasteiger partial charge < -0.3 is 4.55 Å². The summed E-state index contributed by atoms with van der Waals surface area (Å²) >= 11 is 0.289. The van der Waals surface area contributed by atoms with Crippen molar-refractivity contribution in [2.45, 2.75) is 0 Å². The molecule has 0 fully saturated rings. The summed E-state index contributed by atoms with van der Waals surface area (Å²) < 4.78 is 18.9. The summed E-state index contributed by atoms with van der Waals surface area (Å²) in [5, 5.41) is 0.947. The van der Waals surface area contributed by atoms with Gasteiger partial charge >= 0.3 is 6.04 Å². The Labute approximate surface area is 44.2 Å². The lowest BCUT2D eigenvalue weighted by Crippen LogP contribution is -1.73. The monoisotopic (exact) mass is 122 g/mol. The topological polar surface area (TPSA) is 37.3 Å². The molecule has 7 heavy (non-hydrogen) atoms. The molecule has 0 atom stereocenters.